The molecule has 0 aliphatic carbocycles. The molecule has 2 nitrogen and oxygen atoms in total. The van der Waals surface area contributed by atoms with Crippen molar-refractivity contribution in [1.82, 2.24) is 9.55 Å². The topological polar surface area (TPSA) is 17.8 Å². The number of imidazole rings is 1. The first-order valence-electron chi connectivity index (χ1n) is 18.1. The molecule has 0 amide bonds. The summed E-state index contributed by atoms with van der Waals surface area (Å²) in [5.41, 5.74) is 13.9. The molecule has 0 aliphatic heterocycles. The largest absolute Gasteiger partial charge is 0.292 e. The highest BCUT2D eigenvalue weighted by Gasteiger charge is 2.20. The summed E-state index contributed by atoms with van der Waals surface area (Å²) >= 11 is 0. The molecule has 9 aromatic carbocycles. The fourth-order valence-corrected chi connectivity index (χ4v) is 7.92. The Labute approximate surface area is 308 Å². The molecule has 0 spiro atoms. The van der Waals surface area contributed by atoms with Crippen LogP contribution in [0.1, 0.15) is 0 Å². The van der Waals surface area contributed by atoms with Crippen LogP contribution in [0.3, 0.4) is 0 Å². The maximum absolute atomic E-state index is 5.17. The Morgan fingerprint density at radius 2 is 0.717 bits per heavy atom. The molecule has 1 heterocycles. The standard InChI is InChI=1S/C51H34N2/c1-6-16-35(17-7-1)39-26-29-43-45(32-39)49(36-18-8-2-9-19-36)44-30-27-40(33-46(44)50(43)37-20-10-3-11-21-37)41-28-31-47-48(34-41)53(42-24-14-5-15-25-42)51(52-47)38-22-12-4-13-23-38/h1-34H. The zero-order valence-corrected chi connectivity index (χ0v) is 29.0. The van der Waals surface area contributed by atoms with Crippen LogP contribution in [0.5, 0.6) is 0 Å². The lowest BCUT2D eigenvalue weighted by atomic mass is 9.84. The van der Waals surface area contributed by atoms with E-state index in [1.54, 1.807) is 0 Å². The second-order valence-electron chi connectivity index (χ2n) is 13.5. The van der Waals surface area contributed by atoms with Crippen LogP contribution in [-0.4, -0.2) is 9.55 Å². The van der Waals surface area contributed by atoms with Gasteiger partial charge in [0.05, 0.1) is 11.0 Å². The Balaban J connectivity index is 1.25. The lowest BCUT2D eigenvalue weighted by molar-refractivity contribution is 1.10. The molecule has 0 atom stereocenters. The van der Waals surface area contributed by atoms with Crippen molar-refractivity contribution in [3.8, 4) is 61.6 Å². The van der Waals surface area contributed by atoms with E-state index in [0.717, 1.165) is 39.2 Å². The van der Waals surface area contributed by atoms with E-state index in [9.17, 15) is 0 Å². The number of nitrogens with zero attached hydrogens (tertiary/aromatic N) is 2. The average molecular weight is 675 g/mol. The highest BCUT2D eigenvalue weighted by molar-refractivity contribution is 6.22. The van der Waals surface area contributed by atoms with Gasteiger partial charge in [-0.15, -0.1) is 0 Å². The molecule has 0 bridgehead atoms. The molecule has 10 aromatic rings. The first kappa shape index (κ1) is 30.8. The second kappa shape index (κ2) is 12.9. The van der Waals surface area contributed by atoms with Crippen LogP contribution in [-0.2, 0) is 0 Å². The van der Waals surface area contributed by atoms with Crippen molar-refractivity contribution in [2.75, 3.05) is 0 Å². The Morgan fingerprint density at radius 1 is 0.302 bits per heavy atom. The quantitative estimate of drug-likeness (QED) is 0.161. The van der Waals surface area contributed by atoms with Crippen molar-refractivity contribution in [3.05, 3.63) is 206 Å². The molecule has 2 heteroatoms. The summed E-state index contributed by atoms with van der Waals surface area (Å²) in [6, 6.07) is 74.1. The van der Waals surface area contributed by atoms with Crippen molar-refractivity contribution in [3.63, 3.8) is 0 Å². The predicted molar refractivity (Wildman–Crippen MR) is 223 cm³/mol. The Bertz CT molecular complexity index is 2900. The van der Waals surface area contributed by atoms with Crippen molar-refractivity contribution in [2.24, 2.45) is 0 Å². The monoisotopic (exact) mass is 674 g/mol. The Kier molecular flexibility index (Phi) is 7.51. The van der Waals surface area contributed by atoms with E-state index < -0.39 is 0 Å². The molecular formula is C51H34N2. The highest BCUT2D eigenvalue weighted by atomic mass is 15.1. The smallest absolute Gasteiger partial charge is 0.145 e. The fourth-order valence-electron chi connectivity index (χ4n) is 7.92. The van der Waals surface area contributed by atoms with Crippen molar-refractivity contribution < 1.29 is 0 Å². The molecule has 10 rings (SSSR count). The molecule has 0 saturated heterocycles. The van der Waals surface area contributed by atoms with Crippen molar-refractivity contribution >= 4 is 32.6 Å². The molecule has 0 aliphatic rings. The summed E-state index contributed by atoms with van der Waals surface area (Å²) in [6.45, 7) is 0. The summed E-state index contributed by atoms with van der Waals surface area (Å²) in [5, 5.41) is 4.95. The SMILES string of the molecule is c1ccc(-c2ccc3c(-c4ccccc4)c4cc(-c5ccc6nc(-c7ccccc7)n(-c7ccccc7)c6c5)ccc4c(-c4ccccc4)c3c2)cc1. The van der Waals surface area contributed by atoms with Gasteiger partial charge in [-0.2, -0.15) is 0 Å². The van der Waals surface area contributed by atoms with E-state index in [1.165, 1.54) is 54.9 Å². The number of benzene rings is 9. The van der Waals surface area contributed by atoms with Crippen LogP contribution in [0.2, 0.25) is 0 Å². The van der Waals surface area contributed by atoms with Crippen LogP contribution in [0.15, 0.2) is 206 Å². The van der Waals surface area contributed by atoms with Gasteiger partial charge in [-0.05, 0) is 102 Å². The number of fused-ring (bicyclic) bond motifs is 3. The van der Waals surface area contributed by atoms with Crippen molar-refractivity contribution in [2.45, 2.75) is 0 Å². The Morgan fingerprint density at radius 3 is 1.25 bits per heavy atom. The summed E-state index contributed by atoms with van der Waals surface area (Å²) in [4.78, 5) is 5.17. The minimum Gasteiger partial charge on any atom is -0.292 e. The second-order valence-corrected chi connectivity index (χ2v) is 13.5. The van der Waals surface area contributed by atoms with Crippen LogP contribution >= 0.6 is 0 Å². The third-order valence-corrected chi connectivity index (χ3v) is 10.4. The molecule has 0 radical (unpaired) electrons. The maximum Gasteiger partial charge on any atom is 0.145 e. The third kappa shape index (κ3) is 5.40. The fraction of sp³-hybridized carbons (Fsp3) is 0. The van der Waals surface area contributed by atoms with Gasteiger partial charge in [0.25, 0.3) is 0 Å². The normalized spacial score (nSPS) is 11.4. The lowest BCUT2D eigenvalue weighted by Crippen LogP contribution is -1.97. The molecule has 0 unspecified atom stereocenters. The molecular weight excluding hydrogens is 641 g/mol. The van der Waals surface area contributed by atoms with Gasteiger partial charge in [0, 0.05) is 11.3 Å². The first-order chi connectivity index (χ1) is 26.3. The highest BCUT2D eigenvalue weighted by Crippen LogP contribution is 2.46. The predicted octanol–water partition coefficient (Wildman–Crippen LogP) is 13.7. The zero-order valence-electron chi connectivity index (χ0n) is 29.0. The maximum atomic E-state index is 5.17. The number of aromatic nitrogens is 2. The number of hydrogen-bond donors (Lipinski definition) is 0. The van der Waals surface area contributed by atoms with Gasteiger partial charge < -0.3 is 0 Å². The van der Waals surface area contributed by atoms with E-state index in [1.807, 2.05) is 0 Å². The molecule has 0 fully saturated rings. The minimum atomic E-state index is 0.933. The summed E-state index contributed by atoms with van der Waals surface area (Å²) in [6.07, 6.45) is 0. The number of rotatable bonds is 6. The van der Waals surface area contributed by atoms with E-state index in [0.29, 0.717) is 0 Å². The number of hydrogen-bond acceptors (Lipinski definition) is 1. The van der Waals surface area contributed by atoms with E-state index >= 15 is 0 Å². The van der Waals surface area contributed by atoms with E-state index in [2.05, 4.69) is 211 Å². The van der Waals surface area contributed by atoms with Crippen molar-refractivity contribution in [1.29, 1.82) is 0 Å². The van der Waals surface area contributed by atoms with Gasteiger partial charge in [-0.1, -0.05) is 170 Å². The van der Waals surface area contributed by atoms with Crippen LogP contribution in [0.4, 0.5) is 0 Å². The van der Waals surface area contributed by atoms with Crippen LogP contribution in [0, 0.1) is 0 Å². The average Bonchev–Trinajstić information content (AvgIpc) is 3.63. The number of para-hydroxylation sites is 1. The van der Waals surface area contributed by atoms with Gasteiger partial charge in [-0.25, -0.2) is 4.98 Å². The van der Waals surface area contributed by atoms with Gasteiger partial charge in [0.1, 0.15) is 5.82 Å². The van der Waals surface area contributed by atoms with Gasteiger partial charge in [0.15, 0.2) is 0 Å². The van der Waals surface area contributed by atoms with Crippen LogP contribution < -0.4 is 0 Å². The third-order valence-electron chi connectivity index (χ3n) is 10.4. The molecule has 0 saturated carbocycles. The molecule has 53 heavy (non-hydrogen) atoms. The van der Waals surface area contributed by atoms with E-state index in [4.69, 9.17) is 4.98 Å². The van der Waals surface area contributed by atoms with Gasteiger partial charge in [0.2, 0.25) is 0 Å². The molecule has 1 aromatic heterocycles. The summed E-state index contributed by atoms with van der Waals surface area (Å²) < 4.78 is 2.29. The lowest BCUT2D eigenvalue weighted by Gasteiger charge is -2.19. The zero-order chi connectivity index (χ0) is 35.1. The molecule has 248 valence electrons. The molecule has 0 N–H and O–H groups in total. The van der Waals surface area contributed by atoms with E-state index in [-0.39, 0.29) is 0 Å². The minimum absolute atomic E-state index is 0.933. The van der Waals surface area contributed by atoms with Gasteiger partial charge in [-0.3, -0.25) is 4.57 Å². The Hall–Kier alpha value is -7.03. The summed E-state index contributed by atoms with van der Waals surface area (Å²) in [7, 11) is 0. The van der Waals surface area contributed by atoms with Crippen LogP contribution in [0.25, 0.3) is 94.2 Å². The first-order valence-corrected chi connectivity index (χ1v) is 18.1. The van der Waals surface area contributed by atoms with Gasteiger partial charge >= 0.3 is 0 Å². The summed E-state index contributed by atoms with van der Waals surface area (Å²) in [5.74, 6) is 0.933.